The highest BCUT2D eigenvalue weighted by Gasteiger charge is 2.32. The molecule has 19 heavy (non-hydrogen) atoms. The molecule has 0 radical (unpaired) electrons. The largest absolute Gasteiger partial charge is 0.316 e. The van der Waals surface area contributed by atoms with Gasteiger partial charge in [-0.05, 0) is 40.5 Å². The van der Waals surface area contributed by atoms with E-state index in [0.29, 0.717) is 22.2 Å². The van der Waals surface area contributed by atoms with E-state index < -0.39 is 17.2 Å². The number of benzene rings is 1. The van der Waals surface area contributed by atoms with Crippen LogP contribution in [0.2, 0.25) is 0 Å². The fourth-order valence-electron chi connectivity index (χ4n) is 2.00. The van der Waals surface area contributed by atoms with Gasteiger partial charge >= 0.3 is 0 Å². The van der Waals surface area contributed by atoms with Gasteiger partial charge in [-0.25, -0.2) is 8.78 Å². The molecule has 0 amide bonds. The minimum atomic E-state index is -1.08. The van der Waals surface area contributed by atoms with Gasteiger partial charge in [0.05, 0.1) is 21.9 Å². The van der Waals surface area contributed by atoms with Gasteiger partial charge in [-0.3, -0.25) is 4.98 Å². The maximum atomic E-state index is 14.2. The fourth-order valence-corrected chi connectivity index (χ4v) is 2.36. The van der Waals surface area contributed by atoms with E-state index in [0.717, 1.165) is 6.20 Å². The van der Waals surface area contributed by atoms with Gasteiger partial charge in [0.15, 0.2) is 0 Å². The molecule has 0 saturated carbocycles. The van der Waals surface area contributed by atoms with Gasteiger partial charge in [-0.1, -0.05) is 19.1 Å². The van der Waals surface area contributed by atoms with Crippen LogP contribution in [0.1, 0.15) is 24.6 Å². The molecule has 100 valence electrons. The number of aromatic nitrogens is 1. The molecule has 2 nitrogen and oxygen atoms in total. The Hall–Kier alpha value is -1.33. The molecule has 0 aliphatic heterocycles. The van der Waals surface area contributed by atoms with Crippen LogP contribution in [-0.2, 0) is 5.54 Å². The molecule has 1 heterocycles. The zero-order valence-corrected chi connectivity index (χ0v) is 11.9. The molecule has 5 heteroatoms. The van der Waals surface area contributed by atoms with Crippen molar-refractivity contribution >= 4 is 15.9 Å². The number of rotatable bonds is 3. The summed E-state index contributed by atoms with van der Waals surface area (Å²) in [7, 11) is 0. The summed E-state index contributed by atoms with van der Waals surface area (Å²) in [4.78, 5) is 3.99. The lowest BCUT2D eigenvalue weighted by molar-refractivity contribution is 0.464. The van der Waals surface area contributed by atoms with E-state index in [1.807, 2.05) is 6.92 Å². The van der Waals surface area contributed by atoms with Crippen LogP contribution >= 0.6 is 15.9 Å². The Morgan fingerprint density at radius 3 is 2.58 bits per heavy atom. The molecule has 0 aliphatic carbocycles. The third kappa shape index (κ3) is 2.53. The maximum Gasteiger partial charge on any atom is 0.142 e. The smallest absolute Gasteiger partial charge is 0.142 e. The maximum absolute atomic E-state index is 14.2. The van der Waals surface area contributed by atoms with E-state index in [4.69, 9.17) is 5.73 Å². The lowest BCUT2D eigenvalue weighted by Gasteiger charge is -2.28. The molecular weight excluding hydrogens is 314 g/mol. The average Bonchev–Trinajstić information content (AvgIpc) is 2.42. The van der Waals surface area contributed by atoms with Crippen molar-refractivity contribution in [2.24, 2.45) is 5.73 Å². The summed E-state index contributed by atoms with van der Waals surface area (Å²) in [5.41, 5.74) is 6.01. The summed E-state index contributed by atoms with van der Waals surface area (Å²) in [6.45, 7) is 1.84. The summed E-state index contributed by atoms with van der Waals surface area (Å²) in [6, 6.07) is 7.69. The molecule has 1 aromatic heterocycles. The quantitative estimate of drug-likeness (QED) is 0.933. The molecule has 2 N–H and O–H groups in total. The highest BCUT2D eigenvalue weighted by Crippen LogP contribution is 2.33. The lowest BCUT2D eigenvalue weighted by Crippen LogP contribution is -2.39. The zero-order valence-electron chi connectivity index (χ0n) is 10.3. The van der Waals surface area contributed by atoms with Gasteiger partial charge in [-0.2, -0.15) is 0 Å². The van der Waals surface area contributed by atoms with Gasteiger partial charge < -0.3 is 5.73 Å². The predicted octanol–water partition coefficient (Wildman–Crippen LogP) is 3.73. The van der Waals surface area contributed by atoms with Crippen LogP contribution in [-0.4, -0.2) is 4.98 Å². The van der Waals surface area contributed by atoms with E-state index >= 15 is 0 Å². The van der Waals surface area contributed by atoms with E-state index in [-0.39, 0.29) is 0 Å². The SMILES string of the molecule is CCC(N)(c1ccc(F)cn1)c1cccc(Br)c1F. The minimum Gasteiger partial charge on any atom is -0.316 e. The van der Waals surface area contributed by atoms with Crippen LogP contribution in [0.4, 0.5) is 8.78 Å². The van der Waals surface area contributed by atoms with Crippen LogP contribution in [0.25, 0.3) is 0 Å². The summed E-state index contributed by atoms with van der Waals surface area (Å²) >= 11 is 3.14. The number of nitrogens with two attached hydrogens (primary N) is 1. The van der Waals surface area contributed by atoms with Crippen LogP contribution in [0.5, 0.6) is 0 Å². The van der Waals surface area contributed by atoms with Crippen molar-refractivity contribution in [1.29, 1.82) is 0 Å². The lowest BCUT2D eigenvalue weighted by atomic mass is 9.84. The van der Waals surface area contributed by atoms with Crippen molar-refractivity contribution in [3.05, 3.63) is 63.9 Å². The van der Waals surface area contributed by atoms with Crippen molar-refractivity contribution in [2.45, 2.75) is 18.9 Å². The first kappa shape index (κ1) is 14.1. The van der Waals surface area contributed by atoms with Crippen LogP contribution in [0.3, 0.4) is 0 Å². The molecule has 2 aromatic rings. The van der Waals surface area contributed by atoms with Crippen LogP contribution in [0, 0.1) is 11.6 Å². The minimum absolute atomic E-state index is 0.337. The molecule has 0 fully saturated rings. The number of nitrogens with zero attached hydrogens (tertiary/aromatic N) is 1. The van der Waals surface area contributed by atoms with Crippen molar-refractivity contribution in [2.75, 3.05) is 0 Å². The van der Waals surface area contributed by atoms with Gasteiger partial charge in [-0.15, -0.1) is 0 Å². The number of hydrogen-bond donors (Lipinski definition) is 1. The molecule has 0 aliphatic rings. The molecule has 0 bridgehead atoms. The predicted molar refractivity (Wildman–Crippen MR) is 73.6 cm³/mol. The van der Waals surface area contributed by atoms with Crippen LogP contribution in [0.15, 0.2) is 41.0 Å². The summed E-state index contributed by atoms with van der Waals surface area (Å²) in [5, 5.41) is 0. The van der Waals surface area contributed by atoms with E-state index in [9.17, 15) is 8.78 Å². The van der Waals surface area contributed by atoms with Crippen molar-refractivity contribution in [3.63, 3.8) is 0 Å². The summed E-state index contributed by atoms with van der Waals surface area (Å²) in [5.74, 6) is -0.866. The Kier molecular flexibility index (Phi) is 3.96. The molecular formula is C14H13BrF2N2. The highest BCUT2D eigenvalue weighted by molar-refractivity contribution is 9.10. The highest BCUT2D eigenvalue weighted by atomic mass is 79.9. The molecule has 1 unspecified atom stereocenters. The second-order valence-corrected chi connectivity index (χ2v) is 5.14. The number of hydrogen-bond acceptors (Lipinski definition) is 2. The summed E-state index contributed by atoms with van der Waals surface area (Å²) < 4.78 is 27.5. The Labute approximate surface area is 118 Å². The Balaban J connectivity index is 2.59. The van der Waals surface area contributed by atoms with Gasteiger partial charge in [0.2, 0.25) is 0 Å². The second-order valence-electron chi connectivity index (χ2n) is 4.29. The number of pyridine rings is 1. The van der Waals surface area contributed by atoms with E-state index in [2.05, 4.69) is 20.9 Å². The Morgan fingerprint density at radius 2 is 2.00 bits per heavy atom. The zero-order chi connectivity index (χ0) is 14.0. The Bertz CT molecular complexity index is 586. The first-order valence-corrected chi connectivity index (χ1v) is 6.63. The topological polar surface area (TPSA) is 38.9 Å². The fraction of sp³-hybridized carbons (Fsp3) is 0.214. The molecule has 0 spiro atoms. The molecule has 1 aromatic carbocycles. The average molecular weight is 327 g/mol. The molecule has 2 rings (SSSR count). The standard InChI is InChI=1S/C14H13BrF2N2/c1-2-14(18,12-7-6-9(16)8-19-12)10-4-3-5-11(15)13(10)17/h3-8H,2,18H2,1H3. The third-order valence-electron chi connectivity index (χ3n) is 3.17. The third-order valence-corrected chi connectivity index (χ3v) is 3.79. The number of halogens is 3. The van der Waals surface area contributed by atoms with Crippen molar-refractivity contribution < 1.29 is 8.78 Å². The monoisotopic (exact) mass is 326 g/mol. The van der Waals surface area contributed by atoms with Crippen LogP contribution < -0.4 is 5.73 Å². The van der Waals surface area contributed by atoms with Gasteiger partial charge in [0, 0.05) is 5.56 Å². The molecule has 1 atom stereocenters. The van der Waals surface area contributed by atoms with E-state index in [1.165, 1.54) is 12.1 Å². The first-order valence-electron chi connectivity index (χ1n) is 5.84. The summed E-state index contributed by atoms with van der Waals surface area (Å²) in [6.07, 6.45) is 1.53. The first-order chi connectivity index (χ1) is 8.99. The Morgan fingerprint density at radius 1 is 1.26 bits per heavy atom. The van der Waals surface area contributed by atoms with Crippen molar-refractivity contribution in [1.82, 2.24) is 4.98 Å². The second kappa shape index (κ2) is 5.35. The van der Waals surface area contributed by atoms with Gasteiger partial charge in [0.25, 0.3) is 0 Å². The van der Waals surface area contributed by atoms with E-state index in [1.54, 1.807) is 18.2 Å². The van der Waals surface area contributed by atoms with Gasteiger partial charge in [0.1, 0.15) is 11.6 Å². The van der Waals surface area contributed by atoms with Crippen molar-refractivity contribution in [3.8, 4) is 0 Å². The molecule has 0 saturated heterocycles. The normalized spacial score (nSPS) is 14.2.